The second-order valence-corrected chi connectivity index (χ2v) is 8.29. The number of aliphatic imine (C=N–C) groups is 1. The molecule has 2 fully saturated rings. The van der Waals surface area contributed by atoms with Crippen molar-refractivity contribution < 1.29 is 9.53 Å². The van der Waals surface area contributed by atoms with Gasteiger partial charge in [-0.05, 0) is 45.7 Å². The van der Waals surface area contributed by atoms with Gasteiger partial charge in [-0.15, -0.1) is 0 Å². The molecule has 0 aromatic heterocycles. The maximum Gasteiger partial charge on any atom is 0.236 e. The van der Waals surface area contributed by atoms with Crippen LogP contribution in [-0.4, -0.2) is 91.6 Å². The lowest BCUT2D eigenvalue weighted by molar-refractivity contribution is -0.131. The Hall–Kier alpha value is -2.28. The van der Waals surface area contributed by atoms with E-state index in [-0.39, 0.29) is 12.0 Å². The van der Waals surface area contributed by atoms with Crippen LogP contribution in [0, 0.1) is 6.92 Å². The van der Waals surface area contributed by atoms with Crippen LogP contribution in [0.1, 0.15) is 32.3 Å². The predicted octanol–water partition coefficient (Wildman–Crippen LogP) is 1.97. The average molecular weight is 416 g/mol. The maximum absolute atomic E-state index is 12.4. The van der Waals surface area contributed by atoms with Gasteiger partial charge in [-0.25, -0.2) is 4.99 Å². The fourth-order valence-corrected chi connectivity index (χ4v) is 3.90. The molecule has 0 aliphatic carbocycles. The number of rotatable bonds is 7. The van der Waals surface area contributed by atoms with Crippen LogP contribution in [0.15, 0.2) is 29.3 Å². The number of nitrogens with zero attached hydrogens (tertiary/aromatic N) is 4. The first-order valence-electron chi connectivity index (χ1n) is 11.3. The van der Waals surface area contributed by atoms with Crippen LogP contribution in [-0.2, 0) is 4.79 Å². The largest absolute Gasteiger partial charge is 0.489 e. The number of hydrogen-bond acceptors (Lipinski definition) is 4. The van der Waals surface area contributed by atoms with E-state index in [1.807, 2.05) is 17.0 Å². The van der Waals surface area contributed by atoms with E-state index in [1.165, 1.54) is 5.56 Å². The van der Waals surface area contributed by atoms with Gasteiger partial charge in [0, 0.05) is 45.8 Å². The third-order valence-electron chi connectivity index (χ3n) is 5.68. The molecule has 1 amide bonds. The summed E-state index contributed by atoms with van der Waals surface area (Å²) in [5, 5.41) is 3.41. The highest BCUT2D eigenvalue weighted by Gasteiger charge is 2.24. The number of benzene rings is 1. The number of hydrogen-bond donors (Lipinski definition) is 1. The molecule has 2 aliphatic heterocycles. The number of carbonyl (C=O) groups excluding carboxylic acids is 1. The Morgan fingerprint density at radius 1 is 1.07 bits per heavy atom. The summed E-state index contributed by atoms with van der Waals surface area (Å²) in [5.41, 5.74) is 1.23. The van der Waals surface area contributed by atoms with E-state index in [0.29, 0.717) is 13.1 Å². The molecular weight excluding hydrogens is 378 g/mol. The molecule has 1 N–H and O–H groups in total. The van der Waals surface area contributed by atoms with E-state index in [4.69, 9.17) is 9.73 Å². The Balaban J connectivity index is 1.47. The Bertz CT molecular complexity index is 692. The van der Waals surface area contributed by atoms with Gasteiger partial charge in [0.25, 0.3) is 0 Å². The van der Waals surface area contributed by atoms with Crippen LogP contribution in [0.5, 0.6) is 5.75 Å². The monoisotopic (exact) mass is 415 g/mol. The topological polar surface area (TPSA) is 60.4 Å². The number of likely N-dealkylation sites (tertiary alicyclic amines) is 1. The van der Waals surface area contributed by atoms with Gasteiger partial charge in [-0.3, -0.25) is 9.69 Å². The Kier molecular flexibility index (Phi) is 8.37. The Labute approximate surface area is 181 Å². The number of carbonyl (C=O) groups is 1. The normalized spacial score (nSPS) is 19.1. The molecule has 2 heterocycles. The van der Waals surface area contributed by atoms with Crippen molar-refractivity contribution in [1.82, 2.24) is 20.0 Å². The van der Waals surface area contributed by atoms with Gasteiger partial charge in [0.15, 0.2) is 5.96 Å². The minimum atomic E-state index is 0.000680. The highest BCUT2D eigenvalue weighted by atomic mass is 16.5. The molecule has 3 rings (SSSR count). The highest BCUT2D eigenvalue weighted by molar-refractivity contribution is 5.80. The van der Waals surface area contributed by atoms with Gasteiger partial charge < -0.3 is 19.9 Å². The quantitative estimate of drug-likeness (QED) is 0.545. The molecule has 166 valence electrons. The first-order valence-corrected chi connectivity index (χ1v) is 11.3. The molecule has 0 bridgehead atoms. The van der Waals surface area contributed by atoms with Gasteiger partial charge in [0.05, 0.1) is 13.1 Å². The van der Waals surface area contributed by atoms with E-state index >= 15 is 0 Å². The van der Waals surface area contributed by atoms with Crippen molar-refractivity contribution in [3.63, 3.8) is 0 Å². The second-order valence-electron chi connectivity index (χ2n) is 8.29. The average Bonchev–Trinajstić information content (AvgIpc) is 3.29. The SMILES string of the molecule is CCNC(=NCC(C)Oc1ccc(C)cc1)N1CCN(CC(=O)N2CCCC2)CC1. The van der Waals surface area contributed by atoms with Crippen LogP contribution >= 0.6 is 0 Å². The standard InChI is InChI=1S/C23H37N5O2/c1-4-24-23(25-17-20(3)30-21-9-7-19(2)8-10-21)28-15-13-26(14-16-28)18-22(29)27-11-5-6-12-27/h7-10,20H,4-6,11-18H2,1-3H3,(H,24,25). The smallest absolute Gasteiger partial charge is 0.236 e. The third-order valence-corrected chi connectivity index (χ3v) is 5.68. The van der Waals surface area contributed by atoms with Gasteiger partial charge >= 0.3 is 0 Å². The van der Waals surface area contributed by atoms with Gasteiger partial charge in [-0.1, -0.05) is 17.7 Å². The summed E-state index contributed by atoms with van der Waals surface area (Å²) in [6.45, 7) is 13.6. The van der Waals surface area contributed by atoms with Crippen molar-refractivity contribution in [3.8, 4) is 5.75 Å². The highest BCUT2D eigenvalue weighted by Crippen LogP contribution is 2.14. The number of guanidine groups is 1. The fraction of sp³-hybridized carbons (Fsp3) is 0.652. The molecule has 7 nitrogen and oxygen atoms in total. The van der Waals surface area contributed by atoms with Gasteiger partial charge in [0.2, 0.25) is 5.91 Å². The van der Waals surface area contributed by atoms with E-state index in [9.17, 15) is 4.79 Å². The Morgan fingerprint density at radius 3 is 2.37 bits per heavy atom. The predicted molar refractivity (Wildman–Crippen MR) is 121 cm³/mol. The lowest BCUT2D eigenvalue weighted by Gasteiger charge is -2.36. The molecule has 1 aromatic rings. The zero-order valence-electron chi connectivity index (χ0n) is 18.8. The molecule has 0 radical (unpaired) electrons. The molecule has 0 saturated carbocycles. The van der Waals surface area contributed by atoms with E-state index in [1.54, 1.807) is 0 Å². The van der Waals surface area contributed by atoms with Crippen molar-refractivity contribution in [2.24, 2.45) is 4.99 Å². The maximum atomic E-state index is 12.4. The molecule has 1 atom stereocenters. The lowest BCUT2D eigenvalue weighted by atomic mass is 10.2. The molecule has 2 aliphatic rings. The summed E-state index contributed by atoms with van der Waals surface area (Å²) in [6.07, 6.45) is 2.29. The van der Waals surface area contributed by atoms with Crippen molar-refractivity contribution in [3.05, 3.63) is 29.8 Å². The van der Waals surface area contributed by atoms with E-state index < -0.39 is 0 Å². The summed E-state index contributed by atoms with van der Waals surface area (Å²) in [7, 11) is 0. The molecule has 7 heteroatoms. The van der Waals surface area contributed by atoms with Crippen molar-refractivity contribution in [1.29, 1.82) is 0 Å². The Morgan fingerprint density at radius 2 is 1.73 bits per heavy atom. The van der Waals surface area contributed by atoms with E-state index in [2.05, 4.69) is 48.0 Å². The van der Waals surface area contributed by atoms with Crippen LogP contribution in [0.2, 0.25) is 0 Å². The molecule has 2 saturated heterocycles. The molecule has 1 aromatic carbocycles. The minimum absolute atomic E-state index is 0.000680. The van der Waals surface area contributed by atoms with Crippen molar-refractivity contribution in [2.45, 2.75) is 39.7 Å². The summed E-state index contributed by atoms with van der Waals surface area (Å²) >= 11 is 0. The van der Waals surface area contributed by atoms with Gasteiger partial charge in [0.1, 0.15) is 11.9 Å². The molecule has 1 unspecified atom stereocenters. The zero-order valence-corrected chi connectivity index (χ0v) is 18.8. The fourth-order valence-electron chi connectivity index (χ4n) is 3.90. The minimum Gasteiger partial charge on any atom is -0.489 e. The number of aryl methyl sites for hydroxylation is 1. The lowest BCUT2D eigenvalue weighted by Crippen LogP contribution is -2.54. The first-order chi connectivity index (χ1) is 14.5. The van der Waals surface area contributed by atoms with E-state index in [0.717, 1.165) is 70.4 Å². The summed E-state index contributed by atoms with van der Waals surface area (Å²) in [5.74, 6) is 2.09. The summed E-state index contributed by atoms with van der Waals surface area (Å²) in [4.78, 5) is 23.8. The summed E-state index contributed by atoms with van der Waals surface area (Å²) in [6, 6.07) is 8.12. The first kappa shape index (κ1) is 22.4. The third kappa shape index (κ3) is 6.62. The summed E-state index contributed by atoms with van der Waals surface area (Å²) < 4.78 is 5.99. The second kappa shape index (κ2) is 11.2. The molecule has 0 spiro atoms. The van der Waals surface area contributed by atoms with Crippen LogP contribution in [0.3, 0.4) is 0 Å². The number of amides is 1. The number of ether oxygens (including phenoxy) is 1. The van der Waals surface area contributed by atoms with Crippen LogP contribution < -0.4 is 10.1 Å². The van der Waals surface area contributed by atoms with Crippen molar-refractivity contribution >= 4 is 11.9 Å². The van der Waals surface area contributed by atoms with Crippen LogP contribution in [0.25, 0.3) is 0 Å². The van der Waals surface area contributed by atoms with Crippen LogP contribution in [0.4, 0.5) is 0 Å². The van der Waals surface area contributed by atoms with Gasteiger partial charge in [-0.2, -0.15) is 0 Å². The molecule has 30 heavy (non-hydrogen) atoms. The zero-order chi connectivity index (χ0) is 21.3. The number of piperazine rings is 1. The number of nitrogens with one attached hydrogen (secondary N) is 1. The molecular formula is C23H37N5O2. The van der Waals surface area contributed by atoms with Crippen molar-refractivity contribution in [2.75, 3.05) is 58.9 Å².